The average Bonchev–Trinajstić information content (AvgIpc) is 2.03. The van der Waals surface area contributed by atoms with Crippen molar-refractivity contribution in [3.63, 3.8) is 0 Å². The van der Waals surface area contributed by atoms with Gasteiger partial charge in [0.1, 0.15) is 0 Å². The molecule has 1 aliphatic rings. The summed E-state index contributed by atoms with van der Waals surface area (Å²) in [6, 6.07) is 0.770. The number of nitrogens with zero attached hydrogens (tertiary/aromatic N) is 1. The lowest BCUT2D eigenvalue weighted by Crippen LogP contribution is -2.32. The molecule has 0 aromatic rings. The molecule has 11 heavy (non-hydrogen) atoms. The molecule has 1 nitrogen and oxygen atoms in total. The van der Waals surface area contributed by atoms with Crippen LogP contribution in [0.15, 0.2) is 12.3 Å². The van der Waals surface area contributed by atoms with Gasteiger partial charge in [0.05, 0.1) is 0 Å². The Bertz CT molecular complexity index is 129. The van der Waals surface area contributed by atoms with Gasteiger partial charge in [0.25, 0.3) is 0 Å². The van der Waals surface area contributed by atoms with E-state index in [1.807, 2.05) is 0 Å². The molecule has 1 unspecified atom stereocenters. The molecular formula is C10H19N. The van der Waals surface area contributed by atoms with Crippen molar-refractivity contribution in [2.75, 3.05) is 6.54 Å². The first-order valence-electron chi connectivity index (χ1n) is 4.77. The third-order valence-electron chi connectivity index (χ3n) is 2.39. The van der Waals surface area contributed by atoms with E-state index in [2.05, 4.69) is 31.0 Å². The predicted octanol–water partition coefficient (Wildman–Crippen LogP) is 2.78. The smallest absolute Gasteiger partial charge is 0.0256 e. The molecule has 0 N–H and O–H groups in total. The molecule has 64 valence electrons. The maximum Gasteiger partial charge on any atom is 0.0256 e. The molecule has 1 atom stereocenters. The highest BCUT2D eigenvalue weighted by molar-refractivity contribution is 4.86. The predicted molar refractivity (Wildman–Crippen MR) is 49.5 cm³/mol. The Morgan fingerprint density at radius 1 is 1.45 bits per heavy atom. The topological polar surface area (TPSA) is 3.24 Å². The minimum atomic E-state index is 0.770. The molecule has 1 heterocycles. The van der Waals surface area contributed by atoms with Gasteiger partial charge in [0, 0.05) is 12.6 Å². The van der Waals surface area contributed by atoms with Crippen LogP contribution >= 0.6 is 0 Å². The molecule has 0 spiro atoms. The van der Waals surface area contributed by atoms with Crippen LogP contribution in [-0.4, -0.2) is 17.5 Å². The van der Waals surface area contributed by atoms with Crippen molar-refractivity contribution >= 4 is 0 Å². The SMILES string of the molecule is CCC=CN1CCCCC1C. The zero-order valence-electron chi connectivity index (χ0n) is 7.71. The Balaban J connectivity index is 2.35. The second-order valence-corrected chi connectivity index (χ2v) is 3.38. The van der Waals surface area contributed by atoms with Gasteiger partial charge in [0.15, 0.2) is 0 Å². The quantitative estimate of drug-likeness (QED) is 0.589. The van der Waals surface area contributed by atoms with Crippen LogP contribution in [0.2, 0.25) is 0 Å². The van der Waals surface area contributed by atoms with Crippen molar-refractivity contribution in [2.45, 2.75) is 45.6 Å². The van der Waals surface area contributed by atoms with Gasteiger partial charge in [-0.3, -0.25) is 0 Å². The second kappa shape index (κ2) is 4.42. The van der Waals surface area contributed by atoms with E-state index in [1.165, 1.54) is 25.8 Å². The normalized spacial score (nSPS) is 26.4. The van der Waals surface area contributed by atoms with E-state index in [0.717, 1.165) is 12.5 Å². The van der Waals surface area contributed by atoms with E-state index in [0.29, 0.717) is 0 Å². The Morgan fingerprint density at radius 2 is 2.27 bits per heavy atom. The van der Waals surface area contributed by atoms with Gasteiger partial charge in [-0.15, -0.1) is 0 Å². The molecule has 1 heteroatoms. The van der Waals surface area contributed by atoms with Crippen molar-refractivity contribution in [3.8, 4) is 0 Å². The molecule has 0 radical (unpaired) electrons. The molecule has 0 aromatic carbocycles. The number of rotatable bonds is 2. The molecule has 0 aromatic heterocycles. The Kier molecular flexibility index (Phi) is 3.47. The minimum absolute atomic E-state index is 0.770. The second-order valence-electron chi connectivity index (χ2n) is 3.38. The molecular weight excluding hydrogens is 134 g/mol. The van der Waals surface area contributed by atoms with Crippen molar-refractivity contribution in [3.05, 3.63) is 12.3 Å². The number of hydrogen-bond acceptors (Lipinski definition) is 1. The fourth-order valence-electron chi connectivity index (χ4n) is 1.58. The fraction of sp³-hybridized carbons (Fsp3) is 0.800. The van der Waals surface area contributed by atoms with Crippen LogP contribution in [0.3, 0.4) is 0 Å². The van der Waals surface area contributed by atoms with Gasteiger partial charge in [-0.1, -0.05) is 13.0 Å². The monoisotopic (exact) mass is 153 g/mol. The summed E-state index contributed by atoms with van der Waals surface area (Å²) in [6.07, 6.45) is 9.83. The zero-order chi connectivity index (χ0) is 8.10. The van der Waals surface area contributed by atoms with E-state index < -0.39 is 0 Å². The summed E-state index contributed by atoms with van der Waals surface area (Å²) in [7, 11) is 0. The highest BCUT2D eigenvalue weighted by Crippen LogP contribution is 2.16. The third-order valence-corrected chi connectivity index (χ3v) is 2.39. The molecule has 0 amide bonds. The first-order valence-corrected chi connectivity index (χ1v) is 4.77. The largest absolute Gasteiger partial charge is 0.375 e. The molecule has 1 rings (SSSR count). The van der Waals surface area contributed by atoms with E-state index in [-0.39, 0.29) is 0 Å². The van der Waals surface area contributed by atoms with Gasteiger partial charge in [0.2, 0.25) is 0 Å². The van der Waals surface area contributed by atoms with Crippen molar-refractivity contribution in [2.24, 2.45) is 0 Å². The van der Waals surface area contributed by atoms with Crippen LogP contribution in [0.1, 0.15) is 39.5 Å². The minimum Gasteiger partial charge on any atom is -0.375 e. The Morgan fingerprint density at radius 3 is 2.91 bits per heavy atom. The Labute approximate surface area is 70.1 Å². The van der Waals surface area contributed by atoms with E-state index >= 15 is 0 Å². The van der Waals surface area contributed by atoms with Crippen LogP contribution in [0.5, 0.6) is 0 Å². The van der Waals surface area contributed by atoms with E-state index in [1.54, 1.807) is 0 Å². The van der Waals surface area contributed by atoms with Gasteiger partial charge in [-0.05, 0) is 38.8 Å². The van der Waals surface area contributed by atoms with Crippen LogP contribution in [0.4, 0.5) is 0 Å². The molecule has 0 bridgehead atoms. The van der Waals surface area contributed by atoms with E-state index in [4.69, 9.17) is 0 Å². The van der Waals surface area contributed by atoms with Crippen LogP contribution in [0, 0.1) is 0 Å². The summed E-state index contributed by atoms with van der Waals surface area (Å²) in [5, 5.41) is 0. The lowest BCUT2D eigenvalue weighted by molar-refractivity contribution is 0.228. The fourth-order valence-corrected chi connectivity index (χ4v) is 1.58. The first kappa shape index (κ1) is 8.63. The lowest BCUT2D eigenvalue weighted by Gasteiger charge is -2.32. The summed E-state index contributed by atoms with van der Waals surface area (Å²) in [4.78, 5) is 2.47. The maximum absolute atomic E-state index is 2.47. The molecule has 1 fully saturated rings. The summed E-state index contributed by atoms with van der Waals surface area (Å²) in [5.41, 5.74) is 0. The number of likely N-dealkylation sites (tertiary alicyclic amines) is 1. The highest BCUT2D eigenvalue weighted by Gasteiger charge is 2.13. The van der Waals surface area contributed by atoms with Crippen LogP contribution in [0.25, 0.3) is 0 Å². The third kappa shape index (κ3) is 2.57. The summed E-state index contributed by atoms with van der Waals surface area (Å²) in [5.74, 6) is 0. The van der Waals surface area contributed by atoms with Crippen molar-refractivity contribution < 1.29 is 0 Å². The highest BCUT2D eigenvalue weighted by atomic mass is 15.1. The van der Waals surface area contributed by atoms with Gasteiger partial charge >= 0.3 is 0 Å². The average molecular weight is 153 g/mol. The zero-order valence-corrected chi connectivity index (χ0v) is 7.71. The van der Waals surface area contributed by atoms with Crippen LogP contribution in [-0.2, 0) is 0 Å². The first-order chi connectivity index (χ1) is 5.34. The summed E-state index contributed by atoms with van der Waals surface area (Å²) >= 11 is 0. The summed E-state index contributed by atoms with van der Waals surface area (Å²) < 4.78 is 0. The van der Waals surface area contributed by atoms with E-state index in [9.17, 15) is 0 Å². The number of hydrogen-bond donors (Lipinski definition) is 0. The van der Waals surface area contributed by atoms with Gasteiger partial charge in [-0.25, -0.2) is 0 Å². The molecule has 1 aliphatic heterocycles. The molecule has 1 saturated heterocycles. The van der Waals surface area contributed by atoms with Crippen molar-refractivity contribution in [1.82, 2.24) is 4.90 Å². The maximum atomic E-state index is 2.47. The number of allylic oxidation sites excluding steroid dienone is 1. The summed E-state index contributed by atoms with van der Waals surface area (Å²) in [6.45, 7) is 5.77. The molecule has 0 saturated carbocycles. The lowest BCUT2D eigenvalue weighted by atomic mass is 10.0. The standard InChI is InChI=1S/C10H19N/c1-3-4-8-11-9-6-5-7-10(11)2/h4,8,10H,3,5-7,9H2,1-2H3. The number of piperidine rings is 1. The van der Waals surface area contributed by atoms with Gasteiger partial charge in [-0.2, -0.15) is 0 Å². The Hall–Kier alpha value is -0.460. The van der Waals surface area contributed by atoms with Crippen LogP contribution < -0.4 is 0 Å². The molecule has 0 aliphatic carbocycles. The van der Waals surface area contributed by atoms with Crippen molar-refractivity contribution in [1.29, 1.82) is 0 Å². The van der Waals surface area contributed by atoms with Gasteiger partial charge < -0.3 is 4.90 Å².